The molecule has 0 aliphatic heterocycles. The van der Waals surface area contributed by atoms with Gasteiger partial charge in [-0.05, 0) is 57.3 Å². The summed E-state index contributed by atoms with van der Waals surface area (Å²) in [4.78, 5) is 68.0. The zero-order valence-electron chi connectivity index (χ0n) is 28.2. The van der Waals surface area contributed by atoms with E-state index in [1.807, 2.05) is 42.5 Å². The van der Waals surface area contributed by atoms with Crippen LogP contribution in [0.25, 0.3) is 10.8 Å². The molecule has 0 spiro atoms. The van der Waals surface area contributed by atoms with Gasteiger partial charge in [0.25, 0.3) is 0 Å². The average Bonchev–Trinajstić information content (AvgIpc) is 3.11. The van der Waals surface area contributed by atoms with Gasteiger partial charge in [0.1, 0.15) is 29.8 Å². The van der Waals surface area contributed by atoms with Crippen LogP contribution in [-0.4, -0.2) is 57.5 Å². The molecule has 52 heavy (non-hydrogen) atoms. The van der Waals surface area contributed by atoms with Crippen LogP contribution in [0.15, 0.2) is 122 Å². The molecular formula is C39H39FN5O6P. The third kappa shape index (κ3) is 10.9. The fourth-order valence-electron chi connectivity index (χ4n) is 5.82. The largest absolute Gasteiger partial charge is 0.368 e. The van der Waals surface area contributed by atoms with Gasteiger partial charge in [0.15, 0.2) is 0 Å². The summed E-state index contributed by atoms with van der Waals surface area (Å²) >= 11 is 0. The number of carbonyl (C=O) groups excluding carboxylic acids is 4. The standard InChI is InChI=1S/C39H39FN5O6P/c40-32-12-6-9-28(20-32)22-33(38(41)48)44-39(49)34(21-27-15-17-42-18-16-27)43-36(47)25-52(50,51)37(24-26-7-2-1-3-8-26)45-35(46)23-29-13-14-30-10-4-5-11-31(30)19-29/h1-20,33-34,37H,21-25H2,(H2,41,48)(H,43,47)(H,44,49)(H,45,46)(H,50,51)/t33-,34-,37?/m0/s1. The highest BCUT2D eigenvalue weighted by Gasteiger charge is 2.36. The van der Waals surface area contributed by atoms with E-state index in [0.717, 1.165) is 10.8 Å². The molecule has 5 aromatic rings. The van der Waals surface area contributed by atoms with Crippen molar-refractivity contribution in [2.45, 2.75) is 43.5 Å². The van der Waals surface area contributed by atoms with Gasteiger partial charge in [-0.1, -0.05) is 84.9 Å². The molecule has 0 saturated carbocycles. The van der Waals surface area contributed by atoms with E-state index in [4.69, 9.17) is 5.73 Å². The van der Waals surface area contributed by atoms with Crippen LogP contribution >= 0.6 is 7.37 Å². The Kier molecular flexibility index (Phi) is 12.6. The second kappa shape index (κ2) is 17.5. The Morgan fingerprint density at radius 2 is 1.33 bits per heavy atom. The van der Waals surface area contributed by atoms with E-state index in [0.29, 0.717) is 22.3 Å². The molecule has 0 aliphatic carbocycles. The lowest BCUT2D eigenvalue weighted by molar-refractivity contribution is -0.130. The molecule has 4 atom stereocenters. The van der Waals surface area contributed by atoms with Crippen LogP contribution in [0.4, 0.5) is 4.39 Å². The Bertz CT molecular complexity index is 2080. The van der Waals surface area contributed by atoms with Gasteiger partial charge >= 0.3 is 0 Å². The number of aromatic nitrogens is 1. The fraction of sp³-hybridized carbons (Fsp3) is 0.205. The molecule has 11 nitrogen and oxygen atoms in total. The summed E-state index contributed by atoms with van der Waals surface area (Å²) in [6, 6.07) is 28.3. The molecule has 0 saturated heterocycles. The van der Waals surface area contributed by atoms with E-state index < -0.39 is 60.8 Å². The zero-order valence-corrected chi connectivity index (χ0v) is 29.0. The molecule has 0 bridgehead atoms. The van der Waals surface area contributed by atoms with Gasteiger partial charge in [-0.3, -0.25) is 28.7 Å². The number of hydrogen-bond donors (Lipinski definition) is 5. The van der Waals surface area contributed by atoms with E-state index in [9.17, 15) is 33.0 Å². The van der Waals surface area contributed by atoms with Gasteiger partial charge in [-0.2, -0.15) is 0 Å². The lowest BCUT2D eigenvalue weighted by Crippen LogP contribution is -2.54. The Labute approximate surface area is 300 Å². The summed E-state index contributed by atoms with van der Waals surface area (Å²) in [5.74, 6) is -4.96. The van der Waals surface area contributed by atoms with Gasteiger partial charge in [0, 0.05) is 31.7 Å². The number of carbonyl (C=O) groups is 4. The van der Waals surface area contributed by atoms with Crippen molar-refractivity contribution < 1.29 is 33.0 Å². The van der Waals surface area contributed by atoms with Crippen LogP contribution < -0.4 is 21.7 Å². The summed E-state index contributed by atoms with van der Waals surface area (Å²) in [6.45, 7) is 0. The van der Waals surface area contributed by atoms with Gasteiger partial charge in [-0.25, -0.2) is 4.39 Å². The first-order chi connectivity index (χ1) is 24.9. The summed E-state index contributed by atoms with van der Waals surface area (Å²) < 4.78 is 27.8. The third-order valence-corrected chi connectivity index (χ3v) is 10.5. The molecule has 13 heteroatoms. The van der Waals surface area contributed by atoms with Crippen LogP contribution in [0, 0.1) is 5.82 Å². The lowest BCUT2D eigenvalue weighted by atomic mass is 10.0. The van der Waals surface area contributed by atoms with Crippen LogP contribution in [-0.2, 0) is 49.4 Å². The molecule has 268 valence electrons. The number of primary amides is 1. The highest BCUT2D eigenvalue weighted by molar-refractivity contribution is 7.59. The topological polar surface area (TPSA) is 181 Å². The Morgan fingerprint density at radius 1 is 0.673 bits per heavy atom. The van der Waals surface area contributed by atoms with Gasteiger partial charge < -0.3 is 26.6 Å². The van der Waals surface area contributed by atoms with E-state index >= 15 is 0 Å². The number of nitrogens with one attached hydrogen (secondary N) is 3. The van der Waals surface area contributed by atoms with Crippen LogP contribution in [0.3, 0.4) is 0 Å². The van der Waals surface area contributed by atoms with Crippen molar-refractivity contribution in [3.8, 4) is 0 Å². The Morgan fingerprint density at radius 3 is 2.04 bits per heavy atom. The normalized spacial score (nSPS) is 14.0. The number of nitrogens with zero attached hydrogens (tertiary/aromatic N) is 1. The number of nitrogens with two attached hydrogens (primary N) is 1. The van der Waals surface area contributed by atoms with Crippen molar-refractivity contribution in [3.05, 3.63) is 150 Å². The van der Waals surface area contributed by atoms with Gasteiger partial charge in [0.05, 0.1) is 6.42 Å². The minimum absolute atomic E-state index is 0.0351. The van der Waals surface area contributed by atoms with Crippen molar-refractivity contribution >= 4 is 41.8 Å². The second-order valence-electron chi connectivity index (χ2n) is 12.5. The minimum atomic E-state index is -4.48. The highest BCUT2D eigenvalue weighted by atomic mass is 31.2. The summed E-state index contributed by atoms with van der Waals surface area (Å²) in [6.07, 6.45) is 1.82. The molecular weight excluding hydrogens is 684 g/mol. The van der Waals surface area contributed by atoms with Crippen molar-refractivity contribution in [1.82, 2.24) is 20.9 Å². The molecule has 0 radical (unpaired) electrons. The summed E-state index contributed by atoms with van der Waals surface area (Å²) in [7, 11) is -4.48. The molecule has 5 rings (SSSR count). The summed E-state index contributed by atoms with van der Waals surface area (Å²) in [5, 5.41) is 9.72. The average molecular weight is 724 g/mol. The fourth-order valence-corrected chi connectivity index (χ4v) is 7.38. The maximum Gasteiger partial charge on any atom is 0.243 e. The molecule has 4 amide bonds. The first-order valence-electron chi connectivity index (χ1n) is 16.6. The molecule has 4 aromatic carbocycles. The summed E-state index contributed by atoms with van der Waals surface area (Å²) in [5.41, 5.74) is 7.95. The first-order valence-corrected chi connectivity index (χ1v) is 18.5. The van der Waals surface area contributed by atoms with Crippen LogP contribution in [0.1, 0.15) is 22.3 Å². The van der Waals surface area contributed by atoms with Crippen molar-refractivity contribution in [1.29, 1.82) is 0 Å². The predicted molar refractivity (Wildman–Crippen MR) is 196 cm³/mol. The lowest BCUT2D eigenvalue weighted by Gasteiger charge is -2.26. The number of amides is 4. The number of benzene rings is 4. The maximum absolute atomic E-state index is 14.0. The quantitative estimate of drug-likeness (QED) is 0.0961. The molecule has 0 aliphatic rings. The number of halogens is 1. The second-order valence-corrected chi connectivity index (χ2v) is 15.0. The van der Waals surface area contributed by atoms with Crippen molar-refractivity contribution in [3.63, 3.8) is 0 Å². The van der Waals surface area contributed by atoms with Crippen molar-refractivity contribution in [2.75, 3.05) is 6.16 Å². The SMILES string of the molecule is NC(=O)[C@H](Cc1cccc(F)c1)NC(=O)[C@H](Cc1ccncc1)NC(=O)CP(=O)(O)C(Cc1ccccc1)NC(=O)Cc1ccc2ccccc2c1. The van der Waals surface area contributed by atoms with E-state index in [1.54, 1.807) is 48.5 Å². The smallest absolute Gasteiger partial charge is 0.243 e. The molecule has 1 heterocycles. The number of hydrogen-bond acceptors (Lipinski definition) is 6. The molecule has 2 unspecified atom stereocenters. The maximum atomic E-state index is 14.0. The van der Waals surface area contributed by atoms with Crippen LogP contribution in [0.2, 0.25) is 0 Å². The minimum Gasteiger partial charge on any atom is -0.368 e. The highest BCUT2D eigenvalue weighted by Crippen LogP contribution is 2.46. The Balaban J connectivity index is 1.32. The number of pyridine rings is 1. The first kappa shape index (κ1) is 37.5. The molecule has 0 fully saturated rings. The van der Waals surface area contributed by atoms with Crippen LogP contribution in [0.5, 0.6) is 0 Å². The van der Waals surface area contributed by atoms with E-state index in [1.165, 1.54) is 30.6 Å². The zero-order chi connectivity index (χ0) is 37.1. The van der Waals surface area contributed by atoms with Gasteiger partial charge in [-0.15, -0.1) is 0 Å². The van der Waals surface area contributed by atoms with E-state index in [2.05, 4.69) is 20.9 Å². The Hall–Kier alpha value is -5.71. The predicted octanol–water partition coefficient (Wildman–Crippen LogP) is 3.81. The number of rotatable bonds is 16. The number of fused-ring (bicyclic) bond motifs is 1. The van der Waals surface area contributed by atoms with Crippen molar-refractivity contribution in [2.24, 2.45) is 5.73 Å². The third-order valence-electron chi connectivity index (χ3n) is 8.46. The monoisotopic (exact) mass is 723 g/mol. The molecule has 6 N–H and O–H groups in total. The van der Waals surface area contributed by atoms with E-state index in [-0.39, 0.29) is 25.7 Å². The van der Waals surface area contributed by atoms with Gasteiger partial charge in [0.2, 0.25) is 31.0 Å². The molecule has 1 aromatic heterocycles.